The average Bonchev–Trinajstić information content (AvgIpc) is 3.04. The van der Waals surface area contributed by atoms with E-state index >= 15 is 4.39 Å². The Morgan fingerprint density at radius 2 is 1.88 bits per heavy atom. The van der Waals surface area contributed by atoms with Gasteiger partial charge in [-0.25, -0.2) is 18.4 Å². The van der Waals surface area contributed by atoms with Crippen LogP contribution in [0.5, 0.6) is 0 Å². The number of likely N-dealkylation sites (N-methyl/N-ethyl adjacent to an activating group) is 1. The predicted octanol–water partition coefficient (Wildman–Crippen LogP) is 3.61. The Morgan fingerprint density at radius 3 is 2.48 bits per heavy atom. The van der Waals surface area contributed by atoms with E-state index in [0.29, 0.717) is 5.56 Å². The van der Waals surface area contributed by atoms with Gasteiger partial charge in [-0.2, -0.15) is 0 Å². The fourth-order valence-corrected chi connectivity index (χ4v) is 5.49. The van der Waals surface area contributed by atoms with Gasteiger partial charge in [0, 0.05) is 43.0 Å². The van der Waals surface area contributed by atoms with E-state index in [1.807, 2.05) is 0 Å². The number of amides is 1. The van der Waals surface area contributed by atoms with Crippen LogP contribution in [-0.4, -0.2) is 79.6 Å². The van der Waals surface area contributed by atoms with Crippen molar-refractivity contribution in [2.75, 3.05) is 51.1 Å². The molecular weight excluding hydrogens is 634 g/mol. The first-order valence-electron chi connectivity index (χ1n) is 14.6. The van der Waals surface area contributed by atoms with Gasteiger partial charge in [0.1, 0.15) is 23.7 Å². The van der Waals surface area contributed by atoms with Crippen LogP contribution in [0, 0.1) is 25.5 Å². The highest BCUT2D eigenvalue weighted by molar-refractivity contribution is 5.98. The van der Waals surface area contributed by atoms with Gasteiger partial charge >= 0.3 is 12.1 Å². The van der Waals surface area contributed by atoms with Crippen LogP contribution in [0.15, 0.2) is 47.3 Å². The van der Waals surface area contributed by atoms with E-state index in [4.69, 9.17) is 24.7 Å². The minimum Gasteiger partial charge on any atom is -0.494 e. The number of carbonyl (C=O) groups is 3. The van der Waals surface area contributed by atoms with Crippen LogP contribution in [0.25, 0.3) is 16.6 Å². The van der Waals surface area contributed by atoms with E-state index in [0.717, 1.165) is 12.3 Å². The van der Waals surface area contributed by atoms with E-state index in [1.165, 1.54) is 42.6 Å². The lowest BCUT2D eigenvalue weighted by Gasteiger charge is -2.45. The molecule has 3 aromatic rings. The Kier molecular flexibility index (Phi) is 10.7. The van der Waals surface area contributed by atoms with Gasteiger partial charge in [-0.1, -0.05) is 12.7 Å². The van der Waals surface area contributed by atoms with Gasteiger partial charge in [-0.3, -0.25) is 9.59 Å². The molecule has 0 aliphatic carbocycles. The smallest absolute Gasteiger partial charge is 0.410 e. The summed E-state index contributed by atoms with van der Waals surface area (Å²) in [6.45, 7) is 7.40. The summed E-state index contributed by atoms with van der Waals surface area (Å²) in [5.41, 5.74) is 4.95. The SMILES string of the molecule is C=CCOC(=O)N(C)C1CN(c2c(F)c(C)c3c(=O)c(C(=O)OC/C(OC)=C(\C)OC=O)cn(-c4cc(N)c(F)cc4CO)c3c2C)C1. The van der Waals surface area contributed by atoms with Crippen LogP contribution in [0.4, 0.5) is 25.0 Å². The van der Waals surface area contributed by atoms with Crippen molar-refractivity contribution >= 4 is 40.8 Å². The number of nitrogens with two attached hydrogens (primary N) is 1. The van der Waals surface area contributed by atoms with Crippen LogP contribution in [-0.2, 0) is 30.3 Å². The number of aliphatic hydroxyl groups excluding tert-OH is 1. The highest BCUT2D eigenvalue weighted by Gasteiger charge is 2.37. The number of nitrogen functional groups attached to an aromatic ring is 1. The van der Waals surface area contributed by atoms with Gasteiger partial charge in [-0.15, -0.1) is 0 Å². The largest absolute Gasteiger partial charge is 0.494 e. The van der Waals surface area contributed by atoms with Gasteiger partial charge < -0.3 is 44.2 Å². The summed E-state index contributed by atoms with van der Waals surface area (Å²) < 4.78 is 52.5. The van der Waals surface area contributed by atoms with Crippen molar-refractivity contribution in [3.63, 3.8) is 0 Å². The molecule has 0 atom stereocenters. The molecule has 1 fully saturated rings. The molecule has 256 valence electrons. The van der Waals surface area contributed by atoms with Crippen molar-refractivity contribution in [3.05, 3.63) is 86.6 Å². The number of anilines is 2. The average molecular weight is 671 g/mol. The van der Waals surface area contributed by atoms with E-state index < -0.39 is 47.9 Å². The molecule has 1 aromatic heterocycles. The summed E-state index contributed by atoms with van der Waals surface area (Å²) in [6.07, 6.45) is 2.03. The third kappa shape index (κ3) is 6.53. The molecule has 4 rings (SSSR count). The molecule has 1 amide bonds. The highest BCUT2D eigenvalue weighted by atomic mass is 19.1. The topological polar surface area (TPSA) is 163 Å². The number of fused-ring (bicyclic) bond motifs is 1. The summed E-state index contributed by atoms with van der Waals surface area (Å²) in [5, 5.41) is 9.99. The Bertz CT molecular complexity index is 1880. The summed E-state index contributed by atoms with van der Waals surface area (Å²) in [7, 11) is 2.83. The number of carbonyl (C=O) groups excluding carboxylic acids is 3. The van der Waals surface area contributed by atoms with Crippen molar-refractivity contribution in [3.8, 4) is 5.69 Å². The second-order valence-corrected chi connectivity index (χ2v) is 11.0. The molecule has 0 radical (unpaired) electrons. The molecule has 1 aliphatic rings. The van der Waals surface area contributed by atoms with Crippen molar-refractivity contribution < 1.29 is 47.2 Å². The summed E-state index contributed by atoms with van der Waals surface area (Å²) in [5.74, 6) is -2.65. The Morgan fingerprint density at radius 1 is 1.19 bits per heavy atom. The number of methoxy groups -OCH3 is 1. The van der Waals surface area contributed by atoms with Gasteiger partial charge in [0.05, 0.1) is 47.7 Å². The van der Waals surface area contributed by atoms with E-state index in [2.05, 4.69) is 6.58 Å². The van der Waals surface area contributed by atoms with Gasteiger partial charge in [0.25, 0.3) is 6.47 Å². The molecule has 0 unspecified atom stereocenters. The number of rotatable bonds is 12. The highest BCUT2D eigenvalue weighted by Crippen LogP contribution is 2.38. The maximum absolute atomic E-state index is 16.3. The number of aliphatic hydroxyl groups is 1. The number of aromatic nitrogens is 1. The van der Waals surface area contributed by atoms with Crippen LogP contribution < -0.4 is 16.1 Å². The molecule has 0 spiro atoms. The lowest BCUT2D eigenvalue weighted by molar-refractivity contribution is -0.125. The van der Waals surface area contributed by atoms with Crippen LogP contribution in [0.2, 0.25) is 0 Å². The third-order valence-corrected chi connectivity index (χ3v) is 8.22. The number of allylic oxidation sites excluding steroid dienone is 1. The van der Waals surface area contributed by atoms with E-state index in [1.54, 1.807) is 18.9 Å². The minimum absolute atomic E-state index is 0.0133. The number of benzene rings is 2. The molecule has 13 nitrogen and oxygen atoms in total. The van der Waals surface area contributed by atoms with E-state index in [9.17, 15) is 28.7 Å². The molecule has 3 N–H and O–H groups in total. The predicted molar refractivity (Wildman–Crippen MR) is 172 cm³/mol. The summed E-state index contributed by atoms with van der Waals surface area (Å²) in [6, 6.07) is 1.94. The van der Waals surface area contributed by atoms with Crippen molar-refractivity contribution in [1.29, 1.82) is 0 Å². The van der Waals surface area contributed by atoms with Crippen LogP contribution in [0.3, 0.4) is 0 Å². The number of esters is 1. The second-order valence-electron chi connectivity index (χ2n) is 11.0. The monoisotopic (exact) mass is 670 g/mol. The Labute approximate surface area is 274 Å². The van der Waals surface area contributed by atoms with Crippen molar-refractivity contribution in [2.24, 2.45) is 0 Å². The second kappa shape index (κ2) is 14.5. The first kappa shape index (κ1) is 35.4. The number of halogens is 2. The zero-order valence-electron chi connectivity index (χ0n) is 27.1. The number of ether oxygens (including phenoxy) is 4. The molecule has 15 heteroatoms. The molecule has 2 aromatic carbocycles. The Balaban J connectivity index is 1.91. The zero-order chi connectivity index (χ0) is 35.4. The summed E-state index contributed by atoms with van der Waals surface area (Å²) in [4.78, 5) is 53.5. The first-order valence-corrected chi connectivity index (χ1v) is 14.6. The van der Waals surface area contributed by atoms with Gasteiger partial charge in [0.2, 0.25) is 5.43 Å². The summed E-state index contributed by atoms with van der Waals surface area (Å²) >= 11 is 0. The molecule has 0 saturated carbocycles. The molecule has 1 aliphatic heterocycles. The lowest BCUT2D eigenvalue weighted by Crippen LogP contribution is -2.60. The molecule has 2 heterocycles. The lowest BCUT2D eigenvalue weighted by atomic mass is 9.96. The van der Waals surface area contributed by atoms with Crippen LogP contribution >= 0.6 is 0 Å². The third-order valence-electron chi connectivity index (χ3n) is 8.22. The van der Waals surface area contributed by atoms with E-state index in [-0.39, 0.29) is 82.8 Å². The van der Waals surface area contributed by atoms with Gasteiger partial charge in [-0.05, 0) is 32.9 Å². The number of hydrogen-bond acceptors (Lipinski definition) is 11. The molecular formula is C33H36F2N4O9. The number of hydrogen-bond donors (Lipinski definition) is 2. The molecule has 48 heavy (non-hydrogen) atoms. The van der Waals surface area contributed by atoms with Crippen LogP contribution in [0.1, 0.15) is 34.0 Å². The minimum atomic E-state index is -1.12. The maximum atomic E-state index is 16.3. The Hall–Kier alpha value is -5.44. The van der Waals surface area contributed by atoms with Crippen molar-refractivity contribution in [2.45, 2.75) is 33.4 Å². The normalized spacial score (nSPS) is 13.4. The van der Waals surface area contributed by atoms with Gasteiger partial charge in [0.15, 0.2) is 18.2 Å². The number of pyridine rings is 1. The van der Waals surface area contributed by atoms with Crippen molar-refractivity contribution in [1.82, 2.24) is 9.47 Å². The fraction of sp³-hybridized carbons (Fsp3) is 0.333. The molecule has 1 saturated heterocycles. The number of nitrogens with zero attached hydrogens (tertiary/aromatic N) is 3. The first-order chi connectivity index (χ1) is 22.8. The zero-order valence-corrected chi connectivity index (χ0v) is 27.1. The maximum Gasteiger partial charge on any atom is 0.410 e. The molecule has 0 bridgehead atoms. The quantitative estimate of drug-likeness (QED) is 0.0723. The standard InChI is InChI=1S/C33H36F2N4O9/c1-7-8-46-33(44)37(5)21-11-38(12-21)30-18(3)29-27(17(2)28(30)35)31(42)22(32(43)47-15-26(45-6)19(4)48-16-41)13-39(29)25-10-24(36)23(34)9-20(25)14-40/h7,9-10,13,16,21,40H,1,8,11-12,14-15,36H2,2-6H3/b26-19-. The number of aryl methyl sites for hydroxylation is 2. The fourth-order valence-electron chi connectivity index (χ4n) is 5.49.